The third-order valence-electron chi connectivity index (χ3n) is 1.25. The lowest BCUT2D eigenvalue weighted by atomic mass is 10.4. The van der Waals surface area contributed by atoms with Crippen LogP contribution in [-0.2, 0) is 0 Å². The van der Waals surface area contributed by atoms with Crippen LogP contribution in [0.3, 0.4) is 0 Å². The first kappa shape index (κ1) is 11.6. The predicted molar refractivity (Wildman–Crippen MR) is 56.3 cm³/mol. The topological polar surface area (TPSA) is 62.4 Å². The van der Waals surface area contributed by atoms with E-state index in [1.54, 1.807) is 11.8 Å². The van der Waals surface area contributed by atoms with Crippen LogP contribution in [0.5, 0.6) is 0 Å². The molecule has 0 aliphatic rings. The summed E-state index contributed by atoms with van der Waals surface area (Å²) < 4.78 is 0. The molecule has 5 heteroatoms. The van der Waals surface area contributed by atoms with Crippen LogP contribution in [-0.4, -0.2) is 30.6 Å². The molecule has 0 aromatic carbocycles. The minimum Gasteiger partial charge on any atom is -0.352 e. The molecule has 0 saturated heterocycles. The van der Waals surface area contributed by atoms with Crippen molar-refractivity contribution in [2.75, 3.05) is 18.6 Å². The Hall–Kier alpha value is -0.420. The maximum absolute atomic E-state index is 5.25. The van der Waals surface area contributed by atoms with Gasteiger partial charge in [-0.05, 0) is 20.1 Å². The van der Waals surface area contributed by atoms with Crippen molar-refractivity contribution in [3.63, 3.8) is 0 Å². The van der Waals surface area contributed by atoms with E-state index in [0.29, 0.717) is 12.0 Å². The van der Waals surface area contributed by atoms with Crippen LogP contribution >= 0.6 is 11.8 Å². The molecule has 0 aromatic rings. The average molecular weight is 190 g/mol. The zero-order valence-corrected chi connectivity index (χ0v) is 8.74. The summed E-state index contributed by atoms with van der Waals surface area (Å²) in [6.45, 7) is 4.80. The summed E-state index contributed by atoms with van der Waals surface area (Å²) in [5.74, 6) is 6.97. The molecule has 0 aliphatic heterocycles. The van der Waals surface area contributed by atoms with E-state index in [9.17, 15) is 0 Å². The summed E-state index contributed by atoms with van der Waals surface area (Å²) in [5, 5.41) is 3.16. The van der Waals surface area contributed by atoms with Crippen LogP contribution < -0.4 is 16.6 Å². The van der Waals surface area contributed by atoms with Crippen molar-refractivity contribution in [2.45, 2.75) is 19.9 Å². The van der Waals surface area contributed by atoms with Gasteiger partial charge in [0, 0.05) is 18.3 Å². The molecule has 0 fully saturated rings. The highest BCUT2D eigenvalue weighted by Gasteiger charge is 2.01. The molecule has 72 valence electrons. The number of rotatable bonds is 4. The number of hydrazine groups is 1. The van der Waals surface area contributed by atoms with Crippen LogP contribution in [0.25, 0.3) is 0 Å². The van der Waals surface area contributed by atoms with Gasteiger partial charge < -0.3 is 5.32 Å². The molecule has 4 nitrogen and oxygen atoms in total. The van der Waals surface area contributed by atoms with Crippen LogP contribution in [0.15, 0.2) is 4.99 Å². The fourth-order valence-electron chi connectivity index (χ4n) is 0.816. The fourth-order valence-corrected chi connectivity index (χ4v) is 1.40. The second kappa shape index (κ2) is 7.24. The fraction of sp³-hybridized carbons (Fsp3) is 0.857. The predicted octanol–water partition coefficient (Wildman–Crippen LogP) is 0.167. The molecule has 4 N–H and O–H groups in total. The van der Waals surface area contributed by atoms with Gasteiger partial charge in [0.1, 0.15) is 0 Å². The van der Waals surface area contributed by atoms with E-state index in [2.05, 4.69) is 28.9 Å². The highest BCUT2D eigenvalue weighted by molar-refractivity contribution is 7.98. The van der Waals surface area contributed by atoms with E-state index in [1.807, 2.05) is 6.92 Å². The molecule has 1 unspecified atom stereocenters. The number of nitrogens with two attached hydrogens (primary N) is 1. The highest BCUT2D eigenvalue weighted by Crippen LogP contribution is 1.95. The Labute approximate surface area is 78.4 Å². The summed E-state index contributed by atoms with van der Waals surface area (Å²) in [7, 11) is 0. The highest BCUT2D eigenvalue weighted by atomic mass is 32.2. The molecule has 0 aromatic heterocycles. The zero-order chi connectivity index (χ0) is 9.40. The molecule has 0 heterocycles. The van der Waals surface area contributed by atoms with Gasteiger partial charge in [0.25, 0.3) is 0 Å². The van der Waals surface area contributed by atoms with Crippen molar-refractivity contribution >= 4 is 17.7 Å². The Bertz CT molecular complexity index is 137. The number of hydrogen-bond donors (Lipinski definition) is 3. The Morgan fingerprint density at radius 2 is 2.33 bits per heavy atom. The minimum atomic E-state index is 0.390. The first-order valence-corrected chi connectivity index (χ1v) is 5.40. The number of guanidine groups is 1. The number of thioether (sulfide) groups is 1. The monoisotopic (exact) mass is 190 g/mol. The van der Waals surface area contributed by atoms with Gasteiger partial charge in [-0.3, -0.25) is 10.4 Å². The second-order valence-corrected chi connectivity index (χ2v) is 3.38. The van der Waals surface area contributed by atoms with Gasteiger partial charge >= 0.3 is 0 Å². The minimum absolute atomic E-state index is 0.390. The number of hydrogen-bond acceptors (Lipinski definition) is 3. The Balaban J connectivity index is 3.77. The molecule has 0 amide bonds. The third kappa shape index (κ3) is 5.26. The second-order valence-electron chi connectivity index (χ2n) is 2.47. The molecule has 0 radical (unpaired) electrons. The van der Waals surface area contributed by atoms with Crippen LogP contribution in [0.1, 0.15) is 13.8 Å². The van der Waals surface area contributed by atoms with Crippen molar-refractivity contribution in [2.24, 2.45) is 10.8 Å². The van der Waals surface area contributed by atoms with Gasteiger partial charge in [0.2, 0.25) is 5.96 Å². The van der Waals surface area contributed by atoms with Crippen molar-refractivity contribution in [1.29, 1.82) is 0 Å². The lowest BCUT2D eigenvalue weighted by Crippen LogP contribution is -2.46. The summed E-state index contributed by atoms with van der Waals surface area (Å²) >= 11 is 1.79. The first-order chi connectivity index (χ1) is 5.74. The zero-order valence-electron chi connectivity index (χ0n) is 7.92. The van der Waals surface area contributed by atoms with Crippen LogP contribution in [0.4, 0.5) is 0 Å². The molecule has 0 spiro atoms. The summed E-state index contributed by atoms with van der Waals surface area (Å²) in [6.07, 6.45) is 2.07. The van der Waals surface area contributed by atoms with Gasteiger partial charge in [0.05, 0.1) is 0 Å². The van der Waals surface area contributed by atoms with Crippen molar-refractivity contribution in [3.05, 3.63) is 0 Å². The van der Waals surface area contributed by atoms with Crippen LogP contribution in [0.2, 0.25) is 0 Å². The van der Waals surface area contributed by atoms with E-state index < -0.39 is 0 Å². The number of aliphatic imine (C=N–C) groups is 1. The normalized spacial score (nSPS) is 14.2. The van der Waals surface area contributed by atoms with Gasteiger partial charge in [-0.25, -0.2) is 5.84 Å². The molecular weight excluding hydrogens is 172 g/mol. The third-order valence-corrected chi connectivity index (χ3v) is 2.09. The molecule has 0 rings (SSSR count). The molecule has 1 atom stereocenters. The van der Waals surface area contributed by atoms with Gasteiger partial charge in [-0.2, -0.15) is 11.8 Å². The van der Waals surface area contributed by atoms with Gasteiger partial charge in [-0.15, -0.1) is 0 Å². The molecular formula is C7H18N4S. The van der Waals surface area contributed by atoms with E-state index in [1.165, 1.54) is 0 Å². The standard InChI is InChI=1S/C7H18N4S/c1-4-9-7(11-8)10-6(2)5-12-3/h6H,4-5,8H2,1-3H3,(H2,9,10,11). The quantitative estimate of drug-likeness (QED) is 0.256. The lowest BCUT2D eigenvalue weighted by molar-refractivity contribution is 0.713. The summed E-state index contributed by atoms with van der Waals surface area (Å²) in [5.41, 5.74) is 2.52. The Morgan fingerprint density at radius 1 is 1.67 bits per heavy atom. The smallest absolute Gasteiger partial charge is 0.205 e. The lowest BCUT2D eigenvalue weighted by Gasteiger charge is -2.14. The summed E-state index contributed by atoms with van der Waals surface area (Å²) in [4.78, 5) is 4.13. The van der Waals surface area contributed by atoms with E-state index in [4.69, 9.17) is 5.84 Å². The van der Waals surface area contributed by atoms with Crippen LogP contribution in [0, 0.1) is 0 Å². The van der Waals surface area contributed by atoms with Gasteiger partial charge in [0.15, 0.2) is 0 Å². The average Bonchev–Trinajstić information content (AvgIpc) is 2.04. The van der Waals surface area contributed by atoms with Crippen molar-refractivity contribution in [1.82, 2.24) is 10.7 Å². The Kier molecular flexibility index (Phi) is 6.99. The SMILES string of the molecule is CCN=C(NN)NC(C)CSC. The number of nitrogens with zero attached hydrogens (tertiary/aromatic N) is 1. The Morgan fingerprint density at radius 3 is 2.75 bits per heavy atom. The first-order valence-electron chi connectivity index (χ1n) is 4.01. The molecule has 12 heavy (non-hydrogen) atoms. The number of nitrogens with one attached hydrogen (secondary N) is 2. The van der Waals surface area contributed by atoms with Crippen molar-refractivity contribution < 1.29 is 0 Å². The largest absolute Gasteiger partial charge is 0.352 e. The molecule has 0 bridgehead atoms. The van der Waals surface area contributed by atoms with Gasteiger partial charge in [-0.1, -0.05) is 0 Å². The van der Waals surface area contributed by atoms with Crippen molar-refractivity contribution in [3.8, 4) is 0 Å². The van der Waals surface area contributed by atoms with E-state index >= 15 is 0 Å². The maximum Gasteiger partial charge on any atom is 0.205 e. The summed E-state index contributed by atoms with van der Waals surface area (Å²) in [6, 6.07) is 0.390. The van der Waals surface area contributed by atoms with E-state index in [0.717, 1.165) is 12.3 Å². The molecule has 0 aliphatic carbocycles. The maximum atomic E-state index is 5.25. The molecule has 0 saturated carbocycles. The van der Waals surface area contributed by atoms with E-state index in [-0.39, 0.29) is 0 Å².